The third-order valence-electron chi connectivity index (χ3n) is 2.95. The second-order valence-corrected chi connectivity index (χ2v) is 4.99. The van der Waals surface area contributed by atoms with Gasteiger partial charge in [0.25, 0.3) is 0 Å². The number of hydrogen-bond acceptors (Lipinski definition) is 3. The summed E-state index contributed by atoms with van der Waals surface area (Å²) in [5.41, 5.74) is 6.62. The number of alkyl halides is 2. The van der Waals surface area contributed by atoms with E-state index in [1.807, 2.05) is 13.8 Å². The lowest BCUT2D eigenvalue weighted by Gasteiger charge is -2.23. The number of hydrogen-bond donors (Lipinski definition) is 1. The lowest BCUT2D eigenvalue weighted by Crippen LogP contribution is -2.44. The van der Waals surface area contributed by atoms with Crippen LogP contribution in [0.4, 0.5) is 8.78 Å². The molecule has 1 aromatic rings. The van der Waals surface area contributed by atoms with Crippen LogP contribution in [0.15, 0.2) is 24.3 Å². The molecule has 1 amide bonds. The zero-order valence-electron chi connectivity index (χ0n) is 12.3. The highest BCUT2D eigenvalue weighted by Crippen LogP contribution is 2.16. The second kappa shape index (κ2) is 8.79. The number of rotatable bonds is 6. The summed E-state index contributed by atoms with van der Waals surface area (Å²) in [4.78, 5) is 13.5. The topological polar surface area (TPSA) is 55.6 Å². The average molecular weight is 323 g/mol. The summed E-state index contributed by atoms with van der Waals surface area (Å²) in [6, 6.07) is 5.64. The van der Waals surface area contributed by atoms with Gasteiger partial charge in [-0.1, -0.05) is 26.0 Å². The first-order valence-corrected chi connectivity index (χ1v) is 6.35. The van der Waals surface area contributed by atoms with Crippen molar-refractivity contribution in [2.45, 2.75) is 33.0 Å². The molecule has 21 heavy (non-hydrogen) atoms. The molecule has 0 unspecified atom stereocenters. The Kier molecular flexibility index (Phi) is 8.21. The molecular formula is C14H21ClF2N2O2. The molecule has 0 radical (unpaired) electrons. The Labute approximate surface area is 129 Å². The Morgan fingerprint density at radius 3 is 2.24 bits per heavy atom. The molecule has 4 nitrogen and oxygen atoms in total. The maximum Gasteiger partial charge on any atom is 0.387 e. The van der Waals surface area contributed by atoms with Crippen molar-refractivity contribution in [2.75, 3.05) is 7.05 Å². The van der Waals surface area contributed by atoms with Crippen molar-refractivity contribution in [1.82, 2.24) is 4.90 Å². The third kappa shape index (κ3) is 6.27. The molecule has 0 bridgehead atoms. The summed E-state index contributed by atoms with van der Waals surface area (Å²) >= 11 is 0. The average Bonchev–Trinajstić information content (AvgIpc) is 2.38. The van der Waals surface area contributed by atoms with Crippen molar-refractivity contribution in [3.63, 3.8) is 0 Å². The molecule has 1 aromatic carbocycles. The number of carbonyl (C=O) groups is 1. The highest BCUT2D eigenvalue weighted by Gasteiger charge is 2.21. The van der Waals surface area contributed by atoms with Gasteiger partial charge in [-0.05, 0) is 23.6 Å². The fourth-order valence-corrected chi connectivity index (χ4v) is 1.67. The van der Waals surface area contributed by atoms with Gasteiger partial charge in [0, 0.05) is 13.6 Å². The highest BCUT2D eigenvalue weighted by molar-refractivity contribution is 5.85. The van der Waals surface area contributed by atoms with Gasteiger partial charge >= 0.3 is 6.61 Å². The summed E-state index contributed by atoms with van der Waals surface area (Å²) in [7, 11) is 1.66. The zero-order valence-corrected chi connectivity index (χ0v) is 13.1. The Morgan fingerprint density at radius 1 is 1.29 bits per heavy atom. The number of carbonyl (C=O) groups excluding carboxylic acids is 1. The number of halogens is 3. The Bertz CT molecular complexity index is 441. The van der Waals surface area contributed by atoms with Crippen LogP contribution in [0.2, 0.25) is 0 Å². The smallest absolute Gasteiger partial charge is 0.387 e. The minimum Gasteiger partial charge on any atom is -0.435 e. The van der Waals surface area contributed by atoms with Gasteiger partial charge in [-0.2, -0.15) is 8.78 Å². The number of nitrogens with two attached hydrogens (primary N) is 1. The van der Waals surface area contributed by atoms with E-state index in [1.54, 1.807) is 19.2 Å². The van der Waals surface area contributed by atoms with E-state index in [0.29, 0.717) is 6.54 Å². The summed E-state index contributed by atoms with van der Waals surface area (Å²) < 4.78 is 28.3. The van der Waals surface area contributed by atoms with Gasteiger partial charge in [-0.15, -0.1) is 12.4 Å². The van der Waals surface area contributed by atoms with Crippen molar-refractivity contribution in [2.24, 2.45) is 11.7 Å². The highest BCUT2D eigenvalue weighted by atomic mass is 35.5. The number of nitrogens with zero attached hydrogens (tertiary/aromatic N) is 1. The largest absolute Gasteiger partial charge is 0.435 e. The number of likely N-dealkylation sites (N-methyl/N-ethyl adjacent to an activating group) is 1. The van der Waals surface area contributed by atoms with Gasteiger partial charge in [0.1, 0.15) is 5.75 Å². The molecule has 0 saturated carbocycles. The monoisotopic (exact) mass is 322 g/mol. The van der Waals surface area contributed by atoms with Crippen LogP contribution in [-0.4, -0.2) is 30.5 Å². The molecule has 0 saturated heterocycles. The molecule has 0 aromatic heterocycles. The fourth-order valence-electron chi connectivity index (χ4n) is 1.67. The van der Waals surface area contributed by atoms with E-state index in [4.69, 9.17) is 5.73 Å². The number of ether oxygens (including phenoxy) is 1. The van der Waals surface area contributed by atoms with Gasteiger partial charge < -0.3 is 15.4 Å². The predicted molar refractivity (Wildman–Crippen MR) is 79.6 cm³/mol. The van der Waals surface area contributed by atoms with Crippen LogP contribution in [0.1, 0.15) is 19.4 Å². The fraction of sp³-hybridized carbons (Fsp3) is 0.500. The first kappa shape index (κ1) is 19.6. The van der Waals surface area contributed by atoms with E-state index in [1.165, 1.54) is 17.0 Å². The minimum atomic E-state index is -2.84. The van der Waals surface area contributed by atoms with Gasteiger partial charge in [-0.3, -0.25) is 4.79 Å². The summed E-state index contributed by atoms with van der Waals surface area (Å²) in [6.07, 6.45) is 0. The van der Waals surface area contributed by atoms with E-state index in [0.717, 1.165) is 5.56 Å². The maximum absolute atomic E-state index is 12.0. The Morgan fingerprint density at radius 2 is 1.81 bits per heavy atom. The van der Waals surface area contributed by atoms with E-state index >= 15 is 0 Å². The van der Waals surface area contributed by atoms with Crippen molar-refractivity contribution >= 4 is 18.3 Å². The lowest BCUT2D eigenvalue weighted by molar-refractivity contribution is -0.132. The van der Waals surface area contributed by atoms with Crippen LogP contribution in [0, 0.1) is 5.92 Å². The molecule has 0 heterocycles. The van der Waals surface area contributed by atoms with E-state index < -0.39 is 12.7 Å². The number of benzene rings is 1. The van der Waals surface area contributed by atoms with E-state index in [2.05, 4.69) is 4.74 Å². The van der Waals surface area contributed by atoms with Gasteiger partial charge in [0.2, 0.25) is 5.91 Å². The molecule has 0 aliphatic rings. The first-order chi connectivity index (χ1) is 9.31. The third-order valence-corrected chi connectivity index (χ3v) is 2.95. The van der Waals surface area contributed by atoms with Gasteiger partial charge in [0.15, 0.2) is 0 Å². The first-order valence-electron chi connectivity index (χ1n) is 6.35. The molecular weight excluding hydrogens is 302 g/mol. The maximum atomic E-state index is 12.0. The molecule has 0 aliphatic carbocycles. The standard InChI is InChI=1S/C14H20F2N2O2.ClH/c1-9(2)12(17)13(19)18(3)8-10-4-6-11(7-5-10)20-14(15)16;/h4-7,9,12,14H,8,17H2,1-3H3;1H/t12-;/m1./s1. The SMILES string of the molecule is CC(C)[C@@H](N)C(=O)N(C)Cc1ccc(OC(F)F)cc1.Cl. The van der Waals surface area contributed by atoms with Crippen molar-refractivity contribution in [1.29, 1.82) is 0 Å². The van der Waals surface area contributed by atoms with Crippen LogP contribution >= 0.6 is 12.4 Å². The Hall–Kier alpha value is -1.40. The van der Waals surface area contributed by atoms with Crippen LogP contribution < -0.4 is 10.5 Å². The van der Waals surface area contributed by atoms with Crippen molar-refractivity contribution < 1.29 is 18.3 Å². The summed E-state index contributed by atoms with van der Waals surface area (Å²) in [5, 5.41) is 0. The van der Waals surface area contributed by atoms with Crippen molar-refractivity contribution in [3.8, 4) is 5.75 Å². The van der Waals surface area contributed by atoms with Crippen molar-refractivity contribution in [3.05, 3.63) is 29.8 Å². The molecule has 0 spiro atoms. The molecule has 0 aliphatic heterocycles. The molecule has 2 N–H and O–H groups in total. The normalized spacial score (nSPS) is 12.0. The summed E-state index contributed by atoms with van der Waals surface area (Å²) in [5.74, 6) is 0.0105. The number of amides is 1. The summed E-state index contributed by atoms with van der Waals surface area (Å²) in [6.45, 7) is 1.29. The minimum absolute atomic E-state index is 0. The van der Waals surface area contributed by atoms with E-state index in [9.17, 15) is 13.6 Å². The zero-order chi connectivity index (χ0) is 15.3. The van der Waals surface area contributed by atoms with Gasteiger partial charge in [-0.25, -0.2) is 0 Å². The van der Waals surface area contributed by atoms with Crippen LogP contribution in [-0.2, 0) is 11.3 Å². The molecule has 1 atom stereocenters. The second-order valence-electron chi connectivity index (χ2n) is 4.99. The molecule has 7 heteroatoms. The molecule has 1 rings (SSSR count). The molecule has 0 fully saturated rings. The van der Waals surface area contributed by atoms with Gasteiger partial charge in [0.05, 0.1) is 6.04 Å². The quantitative estimate of drug-likeness (QED) is 0.876. The van der Waals surface area contributed by atoms with Crippen LogP contribution in [0.25, 0.3) is 0 Å². The van der Waals surface area contributed by atoms with Crippen LogP contribution in [0.5, 0.6) is 5.75 Å². The lowest BCUT2D eigenvalue weighted by atomic mass is 10.0. The van der Waals surface area contributed by atoms with E-state index in [-0.39, 0.29) is 30.0 Å². The Balaban J connectivity index is 0.00000400. The van der Waals surface area contributed by atoms with Crippen LogP contribution in [0.3, 0.4) is 0 Å². The predicted octanol–water partition coefficient (Wildman–Crippen LogP) is 2.65. The molecule has 120 valence electrons.